The van der Waals surface area contributed by atoms with E-state index in [4.69, 9.17) is 11.1 Å². The van der Waals surface area contributed by atoms with Gasteiger partial charge in [-0.15, -0.1) is 0 Å². The number of anilines is 1. The molecule has 104 valence electrons. The van der Waals surface area contributed by atoms with Crippen LogP contribution in [0, 0.1) is 17.1 Å². The van der Waals surface area contributed by atoms with Crippen molar-refractivity contribution in [2.75, 3.05) is 18.0 Å². The number of halogens is 2. The van der Waals surface area contributed by atoms with Crippen LogP contribution in [0.25, 0.3) is 0 Å². The van der Waals surface area contributed by atoms with Crippen LogP contribution < -0.4 is 10.6 Å². The fourth-order valence-electron chi connectivity index (χ4n) is 2.50. The smallest absolute Gasteiger partial charge is 0.161 e. The first kappa shape index (κ1) is 14.3. The first-order valence-corrected chi connectivity index (χ1v) is 7.37. The number of nitrogen functional groups attached to an aromatic ring is 1. The molecule has 5 heteroatoms. The molecule has 0 aromatic heterocycles. The molecular weight excluding hydrogens is 309 g/mol. The van der Waals surface area contributed by atoms with Crippen LogP contribution >= 0.6 is 15.9 Å². The Morgan fingerprint density at radius 3 is 2.84 bits per heavy atom. The summed E-state index contributed by atoms with van der Waals surface area (Å²) in [7, 11) is 0. The Bertz CT molecular complexity index is 490. The predicted octanol–water partition coefficient (Wildman–Crippen LogP) is 3.50. The summed E-state index contributed by atoms with van der Waals surface area (Å²) in [6, 6.07) is 3.44. The van der Waals surface area contributed by atoms with Crippen LogP contribution in [0.3, 0.4) is 0 Å². The fraction of sp³-hybridized carbons (Fsp3) is 0.500. The highest BCUT2D eigenvalue weighted by atomic mass is 79.9. The van der Waals surface area contributed by atoms with E-state index in [-0.39, 0.29) is 16.1 Å². The second-order valence-electron chi connectivity index (χ2n) is 5.20. The van der Waals surface area contributed by atoms with E-state index in [9.17, 15) is 4.39 Å². The predicted molar refractivity (Wildman–Crippen MR) is 80.3 cm³/mol. The maximum absolute atomic E-state index is 14.4. The highest BCUT2D eigenvalue weighted by Gasteiger charge is 2.20. The Hall–Kier alpha value is -1.10. The molecule has 3 nitrogen and oxygen atoms in total. The van der Waals surface area contributed by atoms with Crippen molar-refractivity contribution < 1.29 is 4.39 Å². The van der Waals surface area contributed by atoms with E-state index >= 15 is 0 Å². The Balaban J connectivity index is 2.30. The second-order valence-corrected chi connectivity index (χ2v) is 5.99. The molecule has 19 heavy (non-hydrogen) atoms. The van der Waals surface area contributed by atoms with Crippen LogP contribution in [0.4, 0.5) is 10.1 Å². The molecule has 1 unspecified atom stereocenters. The lowest BCUT2D eigenvalue weighted by Crippen LogP contribution is -2.25. The maximum Gasteiger partial charge on any atom is 0.161 e. The number of hydrogen-bond donors (Lipinski definition) is 2. The first-order chi connectivity index (χ1) is 9.00. The van der Waals surface area contributed by atoms with Crippen LogP contribution in [0.1, 0.15) is 31.7 Å². The van der Waals surface area contributed by atoms with Crippen LogP contribution in [0.2, 0.25) is 0 Å². The topological polar surface area (TPSA) is 53.1 Å². The van der Waals surface area contributed by atoms with Gasteiger partial charge >= 0.3 is 0 Å². The summed E-state index contributed by atoms with van der Waals surface area (Å²) in [5.74, 6) is 0.261. The molecule has 1 saturated heterocycles. The molecule has 1 heterocycles. The summed E-state index contributed by atoms with van der Waals surface area (Å²) in [6.07, 6.45) is 3.38. The molecule has 0 amide bonds. The van der Waals surface area contributed by atoms with Gasteiger partial charge in [0.15, 0.2) is 5.82 Å². The molecule has 0 radical (unpaired) electrons. The minimum absolute atomic E-state index is 0.123. The van der Waals surface area contributed by atoms with Crippen molar-refractivity contribution in [2.45, 2.75) is 26.2 Å². The van der Waals surface area contributed by atoms with Gasteiger partial charge in [-0.3, -0.25) is 5.41 Å². The molecule has 0 spiro atoms. The van der Waals surface area contributed by atoms with Crippen LogP contribution in [-0.2, 0) is 0 Å². The van der Waals surface area contributed by atoms with Gasteiger partial charge in [0.05, 0.1) is 10.2 Å². The third-order valence-electron chi connectivity index (χ3n) is 3.71. The van der Waals surface area contributed by atoms with E-state index in [1.165, 1.54) is 6.42 Å². The van der Waals surface area contributed by atoms with Gasteiger partial charge in [0.25, 0.3) is 0 Å². The zero-order valence-corrected chi connectivity index (χ0v) is 12.6. The molecule has 1 aliphatic heterocycles. The van der Waals surface area contributed by atoms with Crippen LogP contribution in [0.15, 0.2) is 16.6 Å². The number of rotatable bonds is 2. The van der Waals surface area contributed by atoms with Gasteiger partial charge in [-0.1, -0.05) is 6.92 Å². The van der Waals surface area contributed by atoms with Gasteiger partial charge in [-0.25, -0.2) is 4.39 Å². The van der Waals surface area contributed by atoms with Crippen LogP contribution in [-0.4, -0.2) is 18.9 Å². The van der Waals surface area contributed by atoms with E-state index in [2.05, 4.69) is 27.8 Å². The standard InChI is InChI=1S/C14H19BrFN3/c1-9-3-2-7-19(8-6-9)11-5-4-10(14(17)18)12(15)13(11)16/h4-5,9H,2-3,6-8H2,1H3,(H3,17,18). The Kier molecular flexibility index (Phi) is 4.45. The fourth-order valence-corrected chi connectivity index (χ4v) is 3.04. The Labute approximate surface area is 121 Å². The molecule has 0 aliphatic carbocycles. The summed E-state index contributed by atoms with van der Waals surface area (Å²) < 4.78 is 14.7. The summed E-state index contributed by atoms with van der Waals surface area (Å²) in [5, 5.41) is 7.42. The third-order valence-corrected chi connectivity index (χ3v) is 4.48. The molecular formula is C14H19BrFN3. The quantitative estimate of drug-likeness (QED) is 0.645. The minimum atomic E-state index is -0.317. The summed E-state index contributed by atoms with van der Waals surface area (Å²) in [4.78, 5) is 2.09. The van der Waals surface area contributed by atoms with E-state index in [1.807, 2.05) is 0 Å². The molecule has 1 atom stereocenters. The van der Waals surface area contributed by atoms with Crippen molar-refractivity contribution in [3.05, 3.63) is 28.0 Å². The molecule has 2 rings (SSSR count). The zero-order valence-electron chi connectivity index (χ0n) is 11.0. The first-order valence-electron chi connectivity index (χ1n) is 6.58. The third kappa shape index (κ3) is 3.08. The molecule has 0 bridgehead atoms. The van der Waals surface area contributed by atoms with Crippen molar-refractivity contribution in [1.82, 2.24) is 0 Å². The van der Waals surface area contributed by atoms with Gasteiger partial charge < -0.3 is 10.6 Å². The van der Waals surface area contributed by atoms with Gasteiger partial charge in [0, 0.05) is 18.7 Å². The minimum Gasteiger partial charge on any atom is -0.384 e. The van der Waals surface area contributed by atoms with Gasteiger partial charge in [0.1, 0.15) is 5.84 Å². The summed E-state index contributed by atoms with van der Waals surface area (Å²) >= 11 is 3.21. The second kappa shape index (κ2) is 5.90. The number of nitrogens with one attached hydrogen (secondary N) is 1. The number of amidine groups is 1. The van der Waals surface area contributed by atoms with Gasteiger partial charge in [-0.05, 0) is 53.2 Å². The summed E-state index contributed by atoms with van der Waals surface area (Å²) in [6.45, 7) is 4.01. The lowest BCUT2D eigenvalue weighted by molar-refractivity contribution is 0.520. The molecule has 1 aliphatic rings. The monoisotopic (exact) mass is 327 g/mol. The Morgan fingerprint density at radius 1 is 1.42 bits per heavy atom. The van der Waals surface area contributed by atoms with Crippen molar-refractivity contribution >= 4 is 27.5 Å². The van der Waals surface area contributed by atoms with Gasteiger partial charge in [-0.2, -0.15) is 0 Å². The molecule has 1 fully saturated rings. The maximum atomic E-state index is 14.4. The van der Waals surface area contributed by atoms with E-state index in [0.29, 0.717) is 17.2 Å². The van der Waals surface area contributed by atoms with E-state index < -0.39 is 0 Å². The van der Waals surface area contributed by atoms with Crippen molar-refractivity contribution in [3.8, 4) is 0 Å². The van der Waals surface area contributed by atoms with E-state index in [1.54, 1.807) is 12.1 Å². The average Bonchev–Trinajstić information content (AvgIpc) is 2.57. The largest absolute Gasteiger partial charge is 0.384 e. The summed E-state index contributed by atoms with van der Waals surface area (Å²) in [5.41, 5.74) is 6.44. The van der Waals surface area contributed by atoms with Crippen molar-refractivity contribution in [3.63, 3.8) is 0 Å². The highest BCUT2D eigenvalue weighted by Crippen LogP contribution is 2.31. The Morgan fingerprint density at radius 2 is 2.16 bits per heavy atom. The molecule has 1 aromatic carbocycles. The normalized spacial score (nSPS) is 20.2. The van der Waals surface area contributed by atoms with Crippen molar-refractivity contribution in [1.29, 1.82) is 5.41 Å². The molecule has 1 aromatic rings. The van der Waals surface area contributed by atoms with E-state index in [0.717, 1.165) is 25.9 Å². The number of nitrogens with two attached hydrogens (primary N) is 1. The number of benzene rings is 1. The number of hydrogen-bond acceptors (Lipinski definition) is 2. The van der Waals surface area contributed by atoms with Crippen molar-refractivity contribution in [2.24, 2.45) is 11.7 Å². The average molecular weight is 328 g/mol. The lowest BCUT2D eigenvalue weighted by Gasteiger charge is -2.24. The molecule has 0 saturated carbocycles. The SMILES string of the molecule is CC1CCCN(c2ccc(C(=N)N)c(Br)c2F)CC1. The zero-order chi connectivity index (χ0) is 14.0. The lowest BCUT2D eigenvalue weighted by atomic mass is 10.0. The highest BCUT2D eigenvalue weighted by molar-refractivity contribution is 9.10. The van der Waals surface area contributed by atoms with Crippen LogP contribution in [0.5, 0.6) is 0 Å². The molecule has 3 N–H and O–H groups in total. The van der Waals surface area contributed by atoms with Gasteiger partial charge in [0.2, 0.25) is 0 Å². The number of nitrogens with zero attached hydrogens (tertiary/aromatic N) is 1.